The molecule has 0 amide bonds. The lowest BCUT2D eigenvalue weighted by atomic mass is 9.90. The third kappa shape index (κ3) is 4.36. The highest BCUT2D eigenvalue weighted by atomic mass is 79.9. The molecule has 1 aromatic carbocycles. The lowest BCUT2D eigenvalue weighted by Gasteiger charge is -2.24. The van der Waals surface area contributed by atoms with E-state index in [1.165, 1.54) is 25.0 Å². The van der Waals surface area contributed by atoms with Crippen LogP contribution in [0.15, 0.2) is 28.3 Å². The highest BCUT2D eigenvalue weighted by Gasteiger charge is 2.23. The number of allylic oxidation sites excluding steroid dienone is 1. The van der Waals surface area contributed by atoms with Gasteiger partial charge in [0, 0.05) is 10.0 Å². The largest absolute Gasteiger partial charge is 0.307 e. The minimum absolute atomic E-state index is 0.145. The molecule has 1 aliphatic carbocycles. The summed E-state index contributed by atoms with van der Waals surface area (Å²) < 4.78 is 29.0. The topological polar surface area (TPSA) is 12.0 Å². The predicted octanol–water partition coefficient (Wildman–Crippen LogP) is 5.66. The molecular weight excluding hydrogens is 336 g/mol. The fourth-order valence-electron chi connectivity index (χ4n) is 2.93. The van der Waals surface area contributed by atoms with E-state index in [9.17, 15) is 8.78 Å². The summed E-state index contributed by atoms with van der Waals surface area (Å²) in [6, 6.07) is 2.32. The van der Waals surface area contributed by atoms with Crippen LogP contribution in [0.4, 0.5) is 8.78 Å². The SMILES string of the molecule is CCNC(C1=CCCCCCC1)c1c(F)cc(Br)cc1F. The standard InChI is InChI=1S/C17H22BrF2N/c1-2-21-17(12-8-6-4-3-5-7-9-12)16-14(19)10-13(18)11-15(16)20/h8,10-11,17,21H,2-7,9H2,1H3. The van der Waals surface area contributed by atoms with Crippen molar-refractivity contribution in [3.8, 4) is 0 Å². The molecule has 1 aliphatic rings. The van der Waals surface area contributed by atoms with Gasteiger partial charge in [-0.25, -0.2) is 8.78 Å². The van der Waals surface area contributed by atoms with Crippen LogP contribution >= 0.6 is 15.9 Å². The molecule has 21 heavy (non-hydrogen) atoms. The summed E-state index contributed by atoms with van der Waals surface area (Å²) in [4.78, 5) is 0. The summed E-state index contributed by atoms with van der Waals surface area (Å²) in [5, 5.41) is 3.25. The first-order valence-corrected chi connectivity index (χ1v) is 8.49. The monoisotopic (exact) mass is 357 g/mol. The van der Waals surface area contributed by atoms with Gasteiger partial charge in [-0.15, -0.1) is 0 Å². The molecule has 116 valence electrons. The molecule has 1 aromatic rings. The molecular formula is C17H22BrF2N. The first-order chi connectivity index (χ1) is 10.1. The first kappa shape index (κ1) is 16.6. The fraction of sp³-hybridized carbons (Fsp3) is 0.529. The Morgan fingerprint density at radius 3 is 2.48 bits per heavy atom. The predicted molar refractivity (Wildman–Crippen MR) is 86.3 cm³/mol. The van der Waals surface area contributed by atoms with E-state index in [1.54, 1.807) is 0 Å². The van der Waals surface area contributed by atoms with Crippen molar-refractivity contribution in [2.45, 2.75) is 51.5 Å². The van der Waals surface area contributed by atoms with E-state index in [0.717, 1.165) is 31.3 Å². The Balaban J connectivity index is 2.38. The van der Waals surface area contributed by atoms with Gasteiger partial charge >= 0.3 is 0 Å². The van der Waals surface area contributed by atoms with Gasteiger partial charge in [-0.2, -0.15) is 0 Å². The third-order valence-corrected chi connectivity index (χ3v) is 4.40. The van der Waals surface area contributed by atoms with Crippen molar-refractivity contribution in [1.29, 1.82) is 0 Å². The zero-order valence-corrected chi connectivity index (χ0v) is 14.0. The molecule has 1 unspecified atom stereocenters. The first-order valence-electron chi connectivity index (χ1n) is 7.70. The van der Waals surface area contributed by atoms with Crippen molar-refractivity contribution in [1.82, 2.24) is 5.32 Å². The normalized spacial score (nSPS) is 17.8. The van der Waals surface area contributed by atoms with Crippen molar-refractivity contribution in [3.63, 3.8) is 0 Å². The molecule has 0 radical (unpaired) electrons. The second-order valence-electron chi connectivity index (χ2n) is 5.51. The summed E-state index contributed by atoms with van der Waals surface area (Å²) >= 11 is 3.14. The van der Waals surface area contributed by atoms with Gasteiger partial charge < -0.3 is 5.32 Å². The molecule has 0 saturated heterocycles. The van der Waals surface area contributed by atoms with Gasteiger partial charge in [-0.3, -0.25) is 0 Å². The molecule has 2 rings (SSSR count). The second-order valence-corrected chi connectivity index (χ2v) is 6.42. The summed E-state index contributed by atoms with van der Waals surface area (Å²) in [6.07, 6.45) is 8.77. The maximum Gasteiger partial charge on any atom is 0.132 e. The van der Waals surface area contributed by atoms with Crippen molar-refractivity contribution >= 4 is 15.9 Å². The Morgan fingerprint density at radius 1 is 1.14 bits per heavy atom. The maximum absolute atomic E-state index is 14.3. The Morgan fingerprint density at radius 2 is 1.81 bits per heavy atom. The highest BCUT2D eigenvalue weighted by molar-refractivity contribution is 9.10. The molecule has 0 saturated carbocycles. The van der Waals surface area contributed by atoms with Crippen LogP contribution < -0.4 is 5.32 Å². The van der Waals surface area contributed by atoms with E-state index in [1.807, 2.05) is 6.92 Å². The molecule has 0 bridgehead atoms. The van der Waals surface area contributed by atoms with Gasteiger partial charge in [0.25, 0.3) is 0 Å². The molecule has 1 nitrogen and oxygen atoms in total. The zero-order chi connectivity index (χ0) is 15.2. The van der Waals surface area contributed by atoms with Gasteiger partial charge in [-0.05, 0) is 44.4 Å². The van der Waals surface area contributed by atoms with Crippen LogP contribution in [0.5, 0.6) is 0 Å². The van der Waals surface area contributed by atoms with E-state index < -0.39 is 11.6 Å². The van der Waals surface area contributed by atoms with Gasteiger partial charge in [0.05, 0.1) is 6.04 Å². The molecule has 0 aliphatic heterocycles. The van der Waals surface area contributed by atoms with Crippen LogP contribution in [0.3, 0.4) is 0 Å². The van der Waals surface area contributed by atoms with Gasteiger partial charge in [0.15, 0.2) is 0 Å². The zero-order valence-electron chi connectivity index (χ0n) is 12.4. The van der Waals surface area contributed by atoms with E-state index in [4.69, 9.17) is 0 Å². The molecule has 4 heteroatoms. The fourth-order valence-corrected chi connectivity index (χ4v) is 3.33. The Labute approximate surface area is 133 Å². The molecule has 1 atom stereocenters. The molecule has 0 aromatic heterocycles. The molecule has 0 heterocycles. The van der Waals surface area contributed by atoms with Crippen LogP contribution in [-0.4, -0.2) is 6.54 Å². The Kier molecular flexibility index (Phi) is 6.37. The van der Waals surface area contributed by atoms with E-state index in [2.05, 4.69) is 27.3 Å². The van der Waals surface area contributed by atoms with Gasteiger partial charge in [-0.1, -0.05) is 47.3 Å². The van der Waals surface area contributed by atoms with Crippen LogP contribution in [-0.2, 0) is 0 Å². The molecule has 0 spiro atoms. The van der Waals surface area contributed by atoms with Crippen molar-refractivity contribution in [3.05, 3.63) is 45.5 Å². The van der Waals surface area contributed by atoms with Crippen molar-refractivity contribution in [2.75, 3.05) is 6.54 Å². The number of likely N-dealkylation sites (N-methyl/N-ethyl adjacent to an activating group) is 1. The molecule has 1 N–H and O–H groups in total. The lowest BCUT2D eigenvalue weighted by molar-refractivity contribution is 0.489. The summed E-state index contributed by atoms with van der Waals surface area (Å²) in [5.74, 6) is -0.980. The number of nitrogens with one attached hydrogen (secondary N) is 1. The Hall–Kier alpha value is -0.740. The Bertz CT molecular complexity index is 491. The molecule has 0 fully saturated rings. The van der Waals surface area contributed by atoms with E-state index >= 15 is 0 Å². The smallest absolute Gasteiger partial charge is 0.132 e. The van der Waals surface area contributed by atoms with Crippen LogP contribution in [0.25, 0.3) is 0 Å². The number of rotatable bonds is 4. The number of hydrogen-bond donors (Lipinski definition) is 1. The van der Waals surface area contributed by atoms with Gasteiger partial charge in [0.1, 0.15) is 11.6 Å². The van der Waals surface area contributed by atoms with Crippen LogP contribution in [0.2, 0.25) is 0 Å². The quantitative estimate of drug-likeness (QED) is 0.685. The van der Waals surface area contributed by atoms with Crippen LogP contribution in [0, 0.1) is 11.6 Å². The number of halogens is 3. The van der Waals surface area contributed by atoms with E-state index in [0.29, 0.717) is 11.0 Å². The minimum Gasteiger partial charge on any atom is -0.307 e. The average molecular weight is 358 g/mol. The summed E-state index contributed by atoms with van der Waals surface area (Å²) in [5.41, 5.74) is 1.27. The number of benzene rings is 1. The van der Waals surface area contributed by atoms with Crippen LogP contribution in [0.1, 0.15) is 57.1 Å². The highest BCUT2D eigenvalue weighted by Crippen LogP contribution is 2.33. The van der Waals surface area contributed by atoms with Gasteiger partial charge in [0.2, 0.25) is 0 Å². The average Bonchev–Trinajstić information content (AvgIpc) is 2.36. The van der Waals surface area contributed by atoms with Crippen molar-refractivity contribution in [2.24, 2.45) is 0 Å². The second kappa shape index (κ2) is 8.04. The van der Waals surface area contributed by atoms with Crippen molar-refractivity contribution < 1.29 is 8.78 Å². The summed E-state index contributed by atoms with van der Waals surface area (Å²) in [7, 11) is 0. The lowest BCUT2D eigenvalue weighted by Crippen LogP contribution is -2.25. The number of hydrogen-bond acceptors (Lipinski definition) is 1. The third-order valence-electron chi connectivity index (χ3n) is 3.94. The minimum atomic E-state index is -0.490. The summed E-state index contributed by atoms with van der Waals surface area (Å²) in [6.45, 7) is 2.64. The van der Waals surface area contributed by atoms with E-state index in [-0.39, 0.29) is 11.6 Å². The maximum atomic E-state index is 14.3.